The Balaban J connectivity index is 2.72. The van der Waals surface area contributed by atoms with Gasteiger partial charge in [0.25, 0.3) is 11.8 Å². The Morgan fingerprint density at radius 2 is 1.95 bits per heavy atom. The van der Waals surface area contributed by atoms with Gasteiger partial charge in [-0.15, -0.1) is 0 Å². The molecule has 1 aromatic rings. The molecule has 0 fully saturated rings. The summed E-state index contributed by atoms with van der Waals surface area (Å²) in [4.78, 5) is 27.5. The van der Waals surface area contributed by atoms with Crippen molar-refractivity contribution in [3.05, 3.63) is 35.9 Å². The fraction of sp³-hybridized carbons (Fsp3) is 0.333. The van der Waals surface area contributed by atoms with Crippen molar-refractivity contribution < 1.29 is 24.4 Å². The normalized spacial score (nSPS) is 13.3. The van der Waals surface area contributed by atoms with E-state index in [1.54, 1.807) is 12.1 Å². The lowest BCUT2D eigenvalue weighted by Gasteiger charge is -2.21. The monoisotopic (exact) mass is 283 g/mol. The van der Waals surface area contributed by atoms with Crippen LogP contribution in [-0.4, -0.2) is 36.3 Å². The summed E-state index contributed by atoms with van der Waals surface area (Å²) in [5.74, 6) is -1.66. The number of nitrogens with two attached hydrogens (primary N) is 1. The van der Waals surface area contributed by atoms with Crippen LogP contribution >= 0.6 is 0 Å². The maximum absolute atomic E-state index is 11.7. The van der Waals surface area contributed by atoms with Crippen molar-refractivity contribution in [3.8, 4) is 0 Å². The van der Waals surface area contributed by atoms with Gasteiger partial charge in [0.15, 0.2) is 6.10 Å². The topological polar surface area (TPSA) is 123 Å². The molecule has 110 valence electrons. The quantitative estimate of drug-likeness (QED) is 0.379. The number of carbonyl (C=O) groups excluding carboxylic acids is 2. The summed E-state index contributed by atoms with van der Waals surface area (Å²) >= 11 is 0. The first-order chi connectivity index (χ1) is 9.60. The van der Waals surface area contributed by atoms with Crippen LogP contribution in [0, 0.1) is 0 Å². The summed E-state index contributed by atoms with van der Waals surface area (Å²) in [7, 11) is 1.24. The number of hydroxylamine groups is 2. The van der Waals surface area contributed by atoms with Crippen LogP contribution < -0.4 is 16.7 Å². The number of hydrogen-bond acceptors (Lipinski definition) is 6. The molecule has 0 radical (unpaired) electrons. The van der Waals surface area contributed by atoms with Gasteiger partial charge in [0.1, 0.15) is 6.04 Å². The van der Waals surface area contributed by atoms with E-state index in [0.29, 0.717) is 0 Å². The minimum absolute atomic E-state index is 0.0784. The lowest BCUT2D eigenvalue weighted by molar-refractivity contribution is -0.151. The van der Waals surface area contributed by atoms with Crippen molar-refractivity contribution in [3.63, 3.8) is 0 Å². The number of rotatable bonds is 7. The first-order valence-corrected chi connectivity index (χ1v) is 5.78. The van der Waals surface area contributed by atoms with Crippen molar-refractivity contribution >= 4 is 11.8 Å². The maximum Gasteiger partial charge on any atom is 0.274 e. The first kappa shape index (κ1) is 16.1. The van der Waals surface area contributed by atoms with E-state index in [2.05, 4.69) is 4.84 Å². The molecule has 1 rings (SSSR count). The second-order valence-electron chi connectivity index (χ2n) is 3.89. The third-order valence-electron chi connectivity index (χ3n) is 2.47. The molecule has 0 spiro atoms. The molecule has 8 heteroatoms. The molecule has 2 atom stereocenters. The average Bonchev–Trinajstić information content (AvgIpc) is 2.47. The summed E-state index contributed by atoms with van der Waals surface area (Å²) in [5.41, 5.74) is 9.77. The number of ether oxygens (including phenoxy) is 1. The zero-order valence-electron chi connectivity index (χ0n) is 10.9. The first-order valence-electron chi connectivity index (χ1n) is 5.78. The molecular weight excluding hydrogens is 266 g/mol. The lowest BCUT2D eigenvalue weighted by Crippen LogP contribution is -2.54. The van der Waals surface area contributed by atoms with Crippen LogP contribution in [0.25, 0.3) is 0 Å². The van der Waals surface area contributed by atoms with E-state index in [-0.39, 0.29) is 6.61 Å². The number of nitrogens with one attached hydrogen (secondary N) is 2. The van der Waals surface area contributed by atoms with Gasteiger partial charge in [-0.3, -0.25) is 19.6 Å². The van der Waals surface area contributed by atoms with E-state index in [1.807, 2.05) is 23.7 Å². The smallest absolute Gasteiger partial charge is 0.274 e. The average molecular weight is 283 g/mol. The predicted octanol–water partition coefficient (Wildman–Crippen LogP) is -0.918. The third kappa shape index (κ3) is 4.59. The van der Waals surface area contributed by atoms with Crippen molar-refractivity contribution in [2.45, 2.75) is 18.8 Å². The Morgan fingerprint density at radius 1 is 1.30 bits per heavy atom. The van der Waals surface area contributed by atoms with Gasteiger partial charge in [-0.25, -0.2) is 11.0 Å². The molecule has 0 bridgehead atoms. The number of hydrogen-bond donors (Lipinski definition) is 4. The zero-order valence-corrected chi connectivity index (χ0v) is 10.9. The highest BCUT2D eigenvalue weighted by Gasteiger charge is 2.32. The highest BCUT2D eigenvalue weighted by molar-refractivity contribution is 5.90. The van der Waals surface area contributed by atoms with E-state index >= 15 is 0 Å². The maximum atomic E-state index is 11.7. The molecule has 2 amide bonds. The Kier molecular flexibility index (Phi) is 6.60. The number of amides is 2. The Bertz CT molecular complexity index is 440. The molecule has 8 nitrogen and oxygen atoms in total. The fourth-order valence-corrected chi connectivity index (χ4v) is 1.47. The molecule has 0 aliphatic carbocycles. The van der Waals surface area contributed by atoms with Gasteiger partial charge in [-0.1, -0.05) is 30.3 Å². The van der Waals surface area contributed by atoms with E-state index < -0.39 is 24.0 Å². The summed E-state index contributed by atoms with van der Waals surface area (Å²) in [5, 5.41) is 8.55. The van der Waals surface area contributed by atoms with E-state index in [0.717, 1.165) is 5.56 Å². The molecule has 0 saturated heterocycles. The van der Waals surface area contributed by atoms with Crippen LogP contribution in [0.2, 0.25) is 0 Å². The van der Waals surface area contributed by atoms with Crippen LogP contribution in [0.1, 0.15) is 5.56 Å². The summed E-state index contributed by atoms with van der Waals surface area (Å²) in [6.07, 6.45) is -1.30. The van der Waals surface area contributed by atoms with Gasteiger partial charge in [0.05, 0.1) is 13.7 Å². The predicted molar refractivity (Wildman–Crippen MR) is 68.1 cm³/mol. The molecule has 5 N–H and O–H groups in total. The summed E-state index contributed by atoms with van der Waals surface area (Å²) < 4.78 is 5.34. The minimum Gasteiger partial charge on any atom is -0.361 e. The van der Waals surface area contributed by atoms with E-state index in [4.69, 9.17) is 15.7 Å². The van der Waals surface area contributed by atoms with Gasteiger partial charge in [-0.2, -0.15) is 0 Å². The molecule has 0 aromatic heterocycles. The lowest BCUT2D eigenvalue weighted by atomic mass is 10.1. The minimum atomic E-state index is -1.38. The van der Waals surface area contributed by atoms with Crippen molar-refractivity contribution in [1.29, 1.82) is 0 Å². The Morgan fingerprint density at radius 3 is 2.50 bits per heavy atom. The fourth-order valence-electron chi connectivity index (χ4n) is 1.47. The Labute approximate surface area is 115 Å². The van der Waals surface area contributed by atoms with Crippen molar-refractivity contribution in [2.75, 3.05) is 7.11 Å². The second kappa shape index (κ2) is 8.23. The molecule has 1 aromatic carbocycles. The van der Waals surface area contributed by atoms with Gasteiger partial charge < -0.3 is 10.5 Å². The molecular formula is C12H17N3O5. The van der Waals surface area contributed by atoms with E-state index in [1.165, 1.54) is 12.6 Å². The van der Waals surface area contributed by atoms with Crippen LogP contribution in [0.15, 0.2) is 30.3 Å². The highest BCUT2D eigenvalue weighted by Crippen LogP contribution is 2.06. The SMILES string of the molecule is CONC(=O)C(OCc1ccccc1)C(N)C(=O)NO. The number of benzene rings is 1. The Hall–Kier alpha value is -2.00. The van der Waals surface area contributed by atoms with Crippen molar-refractivity contribution in [2.24, 2.45) is 5.73 Å². The van der Waals surface area contributed by atoms with Crippen LogP contribution in [0.5, 0.6) is 0 Å². The molecule has 0 aliphatic heterocycles. The van der Waals surface area contributed by atoms with E-state index in [9.17, 15) is 9.59 Å². The third-order valence-corrected chi connectivity index (χ3v) is 2.47. The zero-order chi connectivity index (χ0) is 15.0. The largest absolute Gasteiger partial charge is 0.361 e. The molecule has 2 unspecified atom stereocenters. The van der Waals surface area contributed by atoms with Crippen LogP contribution in [-0.2, 0) is 25.8 Å². The number of carbonyl (C=O) groups is 2. The van der Waals surface area contributed by atoms with Gasteiger partial charge in [0.2, 0.25) is 0 Å². The molecule has 20 heavy (non-hydrogen) atoms. The summed E-state index contributed by atoms with van der Waals surface area (Å²) in [6, 6.07) is 7.67. The summed E-state index contributed by atoms with van der Waals surface area (Å²) in [6.45, 7) is 0.0784. The van der Waals surface area contributed by atoms with Crippen LogP contribution in [0.4, 0.5) is 0 Å². The molecule has 0 aliphatic rings. The second-order valence-corrected chi connectivity index (χ2v) is 3.89. The van der Waals surface area contributed by atoms with Gasteiger partial charge >= 0.3 is 0 Å². The van der Waals surface area contributed by atoms with Crippen LogP contribution in [0.3, 0.4) is 0 Å². The van der Waals surface area contributed by atoms with Gasteiger partial charge in [-0.05, 0) is 5.56 Å². The van der Waals surface area contributed by atoms with Crippen molar-refractivity contribution in [1.82, 2.24) is 11.0 Å². The molecule has 0 saturated carbocycles. The molecule has 0 heterocycles. The standard InChI is InChI=1S/C12H17N3O5/c1-19-15-12(17)10(9(13)11(16)14-18)20-7-8-5-3-2-4-6-8/h2-6,9-10,18H,7,13H2,1H3,(H,14,16)(H,15,17). The van der Waals surface area contributed by atoms with Gasteiger partial charge in [0, 0.05) is 0 Å². The highest BCUT2D eigenvalue weighted by atomic mass is 16.6.